The number of benzene rings is 3. The maximum atomic E-state index is 12.0. The zero-order valence-corrected chi connectivity index (χ0v) is 20.9. The molecule has 0 unspecified atom stereocenters. The van der Waals surface area contributed by atoms with Crippen molar-refractivity contribution in [3.05, 3.63) is 94.0 Å². The summed E-state index contributed by atoms with van der Waals surface area (Å²) < 4.78 is 11.1. The first-order valence-electron chi connectivity index (χ1n) is 11.4. The molecule has 0 saturated carbocycles. The molecule has 0 saturated heterocycles. The number of nitrogens with one attached hydrogen (secondary N) is 2. The molecule has 0 radical (unpaired) electrons. The van der Waals surface area contributed by atoms with Crippen LogP contribution < -0.4 is 20.3 Å². The summed E-state index contributed by atoms with van der Waals surface area (Å²) in [6, 6.07) is 18.8. The molecule has 8 nitrogen and oxygen atoms in total. The van der Waals surface area contributed by atoms with Gasteiger partial charge in [-0.2, -0.15) is 10.2 Å². The van der Waals surface area contributed by atoms with E-state index in [0.29, 0.717) is 11.5 Å². The van der Waals surface area contributed by atoms with Gasteiger partial charge in [-0.1, -0.05) is 59.7 Å². The predicted octanol–water partition coefficient (Wildman–Crippen LogP) is 3.98. The van der Waals surface area contributed by atoms with Crippen LogP contribution in [0.3, 0.4) is 0 Å². The number of hydrogen-bond acceptors (Lipinski definition) is 6. The molecule has 0 aliphatic carbocycles. The summed E-state index contributed by atoms with van der Waals surface area (Å²) in [5, 5.41) is 7.91. The minimum atomic E-state index is -0.354. The largest absolute Gasteiger partial charge is 0.483 e. The molecule has 0 bridgehead atoms. The second-order valence-corrected chi connectivity index (χ2v) is 8.37. The lowest BCUT2D eigenvalue weighted by Crippen LogP contribution is -2.24. The quantitative estimate of drug-likeness (QED) is 0.334. The zero-order valence-electron chi connectivity index (χ0n) is 20.9. The van der Waals surface area contributed by atoms with Crippen molar-refractivity contribution >= 4 is 24.2 Å². The highest BCUT2D eigenvalue weighted by Crippen LogP contribution is 2.19. The van der Waals surface area contributed by atoms with Gasteiger partial charge < -0.3 is 9.47 Å². The Morgan fingerprint density at radius 2 is 1.06 bits per heavy atom. The Balaban J connectivity index is 1.39. The third-order valence-electron chi connectivity index (χ3n) is 5.12. The second-order valence-electron chi connectivity index (χ2n) is 8.37. The molecule has 0 spiro atoms. The molecule has 186 valence electrons. The molecule has 0 aliphatic heterocycles. The Kier molecular flexibility index (Phi) is 9.33. The number of carbonyl (C=O) groups is 2. The SMILES string of the molecule is Cc1ccc(OCC(=O)N/N=C/c2ccc(/C=N/NC(=O)COc3ccc(C)cc3C)cc2)c(C)c1. The summed E-state index contributed by atoms with van der Waals surface area (Å²) in [4.78, 5) is 23.9. The number of nitrogens with zero attached hydrogens (tertiary/aromatic N) is 2. The van der Waals surface area contributed by atoms with Gasteiger partial charge in [0.2, 0.25) is 0 Å². The monoisotopic (exact) mass is 486 g/mol. The Morgan fingerprint density at radius 3 is 1.42 bits per heavy atom. The molecule has 0 aliphatic rings. The Bertz CT molecular complexity index is 1170. The van der Waals surface area contributed by atoms with Gasteiger partial charge in [0, 0.05) is 0 Å². The van der Waals surface area contributed by atoms with E-state index in [4.69, 9.17) is 9.47 Å². The van der Waals surface area contributed by atoms with Crippen molar-refractivity contribution in [1.82, 2.24) is 10.9 Å². The first-order valence-corrected chi connectivity index (χ1v) is 11.4. The van der Waals surface area contributed by atoms with Gasteiger partial charge in [0.1, 0.15) is 11.5 Å². The van der Waals surface area contributed by atoms with E-state index in [0.717, 1.165) is 33.4 Å². The van der Waals surface area contributed by atoms with E-state index in [1.807, 2.05) is 88.4 Å². The number of amides is 2. The van der Waals surface area contributed by atoms with Crippen LogP contribution in [0.4, 0.5) is 0 Å². The lowest BCUT2D eigenvalue weighted by atomic mass is 10.1. The zero-order chi connectivity index (χ0) is 25.9. The van der Waals surface area contributed by atoms with E-state index in [9.17, 15) is 9.59 Å². The van der Waals surface area contributed by atoms with Crippen molar-refractivity contribution < 1.29 is 19.1 Å². The fraction of sp³-hybridized carbons (Fsp3) is 0.214. The van der Waals surface area contributed by atoms with Crippen LogP contribution in [0, 0.1) is 27.7 Å². The average Bonchev–Trinajstić information content (AvgIpc) is 2.84. The normalized spacial score (nSPS) is 11.0. The minimum absolute atomic E-state index is 0.127. The van der Waals surface area contributed by atoms with E-state index in [1.54, 1.807) is 0 Å². The molecule has 2 N–H and O–H groups in total. The summed E-state index contributed by atoms with van der Waals surface area (Å²) in [5.74, 6) is 0.628. The highest BCUT2D eigenvalue weighted by atomic mass is 16.5. The Labute approximate surface area is 211 Å². The summed E-state index contributed by atoms with van der Waals surface area (Å²) in [5.41, 5.74) is 10.7. The van der Waals surface area contributed by atoms with Crippen LogP contribution in [0.5, 0.6) is 11.5 Å². The standard InChI is InChI=1S/C28H30N4O4/c1-19-5-11-25(21(3)13-19)35-17-27(33)31-29-15-23-7-9-24(10-8-23)16-30-32-28(34)18-36-26-12-6-20(2)14-22(26)4/h5-16H,17-18H2,1-4H3,(H,31,33)(H,32,34)/b29-15+,30-16+. The van der Waals surface area contributed by atoms with Gasteiger partial charge >= 0.3 is 0 Å². The van der Waals surface area contributed by atoms with Gasteiger partial charge in [-0.3, -0.25) is 9.59 Å². The van der Waals surface area contributed by atoms with Crippen molar-refractivity contribution in [3.8, 4) is 11.5 Å². The average molecular weight is 487 g/mol. The molecule has 2 amide bonds. The molecule has 3 aromatic rings. The number of ether oxygens (including phenoxy) is 2. The molecule has 3 aromatic carbocycles. The summed E-state index contributed by atoms with van der Waals surface area (Å²) in [6.07, 6.45) is 3.06. The fourth-order valence-corrected chi connectivity index (χ4v) is 3.30. The number of aryl methyl sites for hydroxylation is 4. The third-order valence-corrected chi connectivity index (χ3v) is 5.12. The van der Waals surface area contributed by atoms with Gasteiger partial charge in [0.15, 0.2) is 13.2 Å². The van der Waals surface area contributed by atoms with Crippen LogP contribution in [0.25, 0.3) is 0 Å². The highest BCUT2D eigenvalue weighted by molar-refractivity contribution is 5.86. The van der Waals surface area contributed by atoms with E-state index in [1.165, 1.54) is 12.4 Å². The molecule has 0 atom stereocenters. The van der Waals surface area contributed by atoms with Crippen LogP contribution in [0.1, 0.15) is 33.4 Å². The topological polar surface area (TPSA) is 101 Å². The maximum Gasteiger partial charge on any atom is 0.277 e. The van der Waals surface area contributed by atoms with Crippen molar-refractivity contribution in [1.29, 1.82) is 0 Å². The lowest BCUT2D eigenvalue weighted by molar-refractivity contribution is -0.123. The highest BCUT2D eigenvalue weighted by Gasteiger charge is 2.05. The molecule has 0 aromatic heterocycles. The maximum absolute atomic E-state index is 12.0. The fourth-order valence-electron chi connectivity index (χ4n) is 3.30. The van der Waals surface area contributed by atoms with Crippen molar-refractivity contribution in [2.75, 3.05) is 13.2 Å². The summed E-state index contributed by atoms with van der Waals surface area (Å²) in [7, 11) is 0. The van der Waals surface area contributed by atoms with Crippen molar-refractivity contribution in [3.63, 3.8) is 0 Å². The van der Waals surface area contributed by atoms with Crippen molar-refractivity contribution in [2.45, 2.75) is 27.7 Å². The number of carbonyl (C=O) groups excluding carboxylic acids is 2. The predicted molar refractivity (Wildman–Crippen MR) is 141 cm³/mol. The van der Waals surface area contributed by atoms with Gasteiger partial charge in [0.25, 0.3) is 11.8 Å². The van der Waals surface area contributed by atoms with E-state index in [2.05, 4.69) is 21.1 Å². The Hall–Kier alpha value is -4.46. The Morgan fingerprint density at radius 1 is 0.667 bits per heavy atom. The van der Waals surface area contributed by atoms with Crippen LogP contribution in [0.15, 0.2) is 70.9 Å². The van der Waals surface area contributed by atoms with Crippen LogP contribution in [0.2, 0.25) is 0 Å². The summed E-state index contributed by atoms with van der Waals surface area (Å²) in [6.45, 7) is 7.61. The van der Waals surface area contributed by atoms with Crippen LogP contribution in [-0.4, -0.2) is 37.5 Å². The molecule has 8 heteroatoms. The first-order chi connectivity index (χ1) is 17.3. The molecular weight excluding hydrogens is 456 g/mol. The molecule has 0 heterocycles. The van der Waals surface area contributed by atoms with Gasteiger partial charge in [-0.25, -0.2) is 10.9 Å². The first kappa shape index (κ1) is 26.2. The smallest absolute Gasteiger partial charge is 0.277 e. The number of hydrazone groups is 2. The molecule has 0 fully saturated rings. The van der Waals surface area contributed by atoms with Gasteiger partial charge in [0.05, 0.1) is 12.4 Å². The number of hydrogen-bond donors (Lipinski definition) is 2. The molecule has 36 heavy (non-hydrogen) atoms. The number of rotatable bonds is 10. The molecule has 3 rings (SSSR count). The van der Waals surface area contributed by atoms with E-state index in [-0.39, 0.29) is 25.0 Å². The van der Waals surface area contributed by atoms with Crippen molar-refractivity contribution in [2.24, 2.45) is 10.2 Å². The van der Waals surface area contributed by atoms with Crippen LogP contribution in [-0.2, 0) is 9.59 Å². The lowest BCUT2D eigenvalue weighted by Gasteiger charge is -2.08. The van der Waals surface area contributed by atoms with Crippen LogP contribution >= 0.6 is 0 Å². The summed E-state index contributed by atoms with van der Waals surface area (Å²) >= 11 is 0. The third kappa shape index (κ3) is 8.39. The molecular formula is C28H30N4O4. The van der Waals surface area contributed by atoms with E-state index >= 15 is 0 Å². The second kappa shape index (κ2) is 12.9. The van der Waals surface area contributed by atoms with Gasteiger partial charge in [-0.05, 0) is 62.1 Å². The van der Waals surface area contributed by atoms with E-state index < -0.39 is 0 Å². The van der Waals surface area contributed by atoms with Gasteiger partial charge in [-0.15, -0.1) is 0 Å². The minimum Gasteiger partial charge on any atom is -0.483 e.